The maximum atomic E-state index is 12.8. The van der Waals surface area contributed by atoms with E-state index in [0.29, 0.717) is 23.8 Å². The van der Waals surface area contributed by atoms with Crippen LogP contribution in [-0.2, 0) is 9.53 Å². The molecule has 1 aliphatic rings. The molecule has 6 heteroatoms. The largest absolute Gasteiger partial charge is 0.497 e. The molecule has 1 N–H and O–H groups in total. The number of likely N-dealkylation sites (tertiary alicyclic amines) is 1. The fourth-order valence-corrected chi connectivity index (χ4v) is 3.08. The van der Waals surface area contributed by atoms with Gasteiger partial charge in [-0.1, -0.05) is 0 Å². The molecule has 1 fully saturated rings. The Morgan fingerprint density at radius 2 is 2.09 bits per heavy atom. The SMILES string of the molecule is COC[C@@H]1[C@H](C(=O)Nc2cc(OC)ccc2OC)CCCN1C. The first kappa shape index (κ1) is 17.6. The highest BCUT2D eigenvalue weighted by Crippen LogP contribution is 2.31. The molecule has 2 atom stereocenters. The first-order valence-electron chi connectivity index (χ1n) is 7.82. The number of anilines is 1. The lowest BCUT2D eigenvalue weighted by Crippen LogP contribution is -2.49. The van der Waals surface area contributed by atoms with Crippen LogP contribution >= 0.6 is 0 Å². The van der Waals surface area contributed by atoms with E-state index in [4.69, 9.17) is 14.2 Å². The van der Waals surface area contributed by atoms with Gasteiger partial charge in [0.25, 0.3) is 0 Å². The van der Waals surface area contributed by atoms with Crippen molar-refractivity contribution >= 4 is 11.6 Å². The summed E-state index contributed by atoms with van der Waals surface area (Å²) < 4.78 is 15.8. The van der Waals surface area contributed by atoms with Crippen molar-refractivity contribution in [2.45, 2.75) is 18.9 Å². The average molecular weight is 322 g/mol. The Bertz CT molecular complexity index is 535. The first-order valence-corrected chi connectivity index (χ1v) is 7.82. The van der Waals surface area contributed by atoms with Gasteiger partial charge in [-0.05, 0) is 38.6 Å². The average Bonchev–Trinajstić information content (AvgIpc) is 2.56. The van der Waals surface area contributed by atoms with Gasteiger partial charge in [0, 0.05) is 19.2 Å². The summed E-state index contributed by atoms with van der Waals surface area (Å²) >= 11 is 0. The lowest BCUT2D eigenvalue weighted by atomic mass is 9.89. The molecular formula is C17H26N2O4. The second-order valence-electron chi connectivity index (χ2n) is 5.81. The summed E-state index contributed by atoms with van der Waals surface area (Å²) in [6.07, 6.45) is 1.86. The minimum absolute atomic E-state index is 0.00912. The van der Waals surface area contributed by atoms with Crippen LogP contribution < -0.4 is 14.8 Å². The molecule has 1 amide bonds. The van der Waals surface area contributed by atoms with E-state index in [1.807, 2.05) is 7.05 Å². The Labute approximate surface area is 137 Å². The van der Waals surface area contributed by atoms with Gasteiger partial charge in [-0.2, -0.15) is 0 Å². The molecule has 1 aliphatic heterocycles. The Morgan fingerprint density at radius 3 is 2.74 bits per heavy atom. The van der Waals surface area contributed by atoms with E-state index in [9.17, 15) is 4.79 Å². The van der Waals surface area contributed by atoms with E-state index in [-0.39, 0.29) is 17.9 Å². The van der Waals surface area contributed by atoms with Crippen molar-refractivity contribution in [2.75, 3.05) is 46.8 Å². The number of amides is 1. The van der Waals surface area contributed by atoms with Crippen LogP contribution in [0.2, 0.25) is 0 Å². The zero-order chi connectivity index (χ0) is 16.8. The summed E-state index contributed by atoms with van der Waals surface area (Å²) in [6, 6.07) is 5.45. The zero-order valence-corrected chi connectivity index (χ0v) is 14.3. The van der Waals surface area contributed by atoms with Gasteiger partial charge in [-0.3, -0.25) is 4.79 Å². The van der Waals surface area contributed by atoms with E-state index >= 15 is 0 Å². The molecule has 0 unspecified atom stereocenters. The number of methoxy groups -OCH3 is 3. The third-order valence-electron chi connectivity index (χ3n) is 4.40. The highest BCUT2D eigenvalue weighted by atomic mass is 16.5. The van der Waals surface area contributed by atoms with Crippen molar-refractivity contribution in [2.24, 2.45) is 5.92 Å². The van der Waals surface area contributed by atoms with E-state index in [1.165, 1.54) is 0 Å². The fourth-order valence-electron chi connectivity index (χ4n) is 3.08. The number of likely N-dealkylation sites (N-methyl/N-ethyl adjacent to an activating group) is 1. The number of nitrogens with one attached hydrogen (secondary N) is 1. The van der Waals surface area contributed by atoms with Crippen molar-refractivity contribution in [3.8, 4) is 11.5 Å². The molecule has 128 valence electrons. The number of piperidine rings is 1. The van der Waals surface area contributed by atoms with Crippen LogP contribution in [0.5, 0.6) is 11.5 Å². The van der Waals surface area contributed by atoms with Gasteiger partial charge in [0.15, 0.2) is 0 Å². The minimum atomic E-state index is -0.107. The maximum absolute atomic E-state index is 12.8. The molecule has 2 rings (SSSR count). The second kappa shape index (κ2) is 8.17. The van der Waals surface area contributed by atoms with Crippen LogP contribution in [0, 0.1) is 5.92 Å². The summed E-state index contributed by atoms with van der Waals surface area (Å²) in [4.78, 5) is 15.0. The lowest BCUT2D eigenvalue weighted by molar-refractivity contribution is -0.124. The van der Waals surface area contributed by atoms with Crippen molar-refractivity contribution in [3.63, 3.8) is 0 Å². The molecule has 0 spiro atoms. The normalized spacial score (nSPS) is 21.7. The standard InChI is InChI=1S/C17H26N2O4/c1-19-9-5-6-13(15(19)11-21-2)17(20)18-14-10-12(22-3)7-8-16(14)23-4/h7-8,10,13,15H,5-6,9,11H2,1-4H3,(H,18,20)/t13-,15-/m1/s1. The molecule has 23 heavy (non-hydrogen) atoms. The fraction of sp³-hybridized carbons (Fsp3) is 0.588. The van der Waals surface area contributed by atoms with E-state index in [1.54, 1.807) is 39.5 Å². The summed E-state index contributed by atoms with van der Waals surface area (Å²) in [5.41, 5.74) is 0.626. The molecular weight excluding hydrogens is 296 g/mol. The van der Waals surface area contributed by atoms with Crippen molar-refractivity contribution < 1.29 is 19.0 Å². The quantitative estimate of drug-likeness (QED) is 0.868. The molecule has 6 nitrogen and oxygen atoms in total. The first-order chi connectivity index (χ1) is 11.1. The number of benzene rings is 1. The summed E-state index contributed by atoms with van der Waals surface area (Å²) in [7, 11) is 6.88. The number of ether oxygens (including phenoxy) is 3. The van der Waals surface area contributed by atoms with Crippen LogP contribution in [0.15, 0.2) is 18.2 Å². The smallest absolute Gasteiger partial charge is 0.229 e. The maximum Gasteiger partial charge on any atom is 0.229 e. The molecule has 0 saturated carbocycles. The van der Waals surface area contributed by atoms with Crippen molar-refractivity contribution in [1.82, 2.24) is 4.90 Å². The highest BCUT2D eigenvalue weighted by Gasteiger charge is 2.34. The van der Waals surface area contributed by atoms with Crippen LogP contribution in [0.25, 0.3) is 0 Å². The number of carbonyl (C=O) groups is 1. The van der Waals surface area contributed by atoms with Crippen LogP contribution in [0.4, 0.5) is 5.69 Å². The van der Waals surface area contributed by atoms with Gasteiger partial charge in [0.05, 0.1) is 32.4 Å². The third kappa shape index (κ3) is 4.14. The predicted octanol–water partition coefficient (Wildman–Crippen LogP) is 2.00. The highest BCUT2D eigenvalue weighted by molar-refractivity contribution is 5.94. The van der Waals surface area contributed by atoms with E-state index in [2.05, 4.69) is 10.2 Å². The van der Waals surface area contributed by atoms with Gasteiger partial charge in [0.1, 0.15) is 11.5 Å². The Kier molecular flexibility index (Phi) is 6.24. The van der Waals surface area contributed by atoms with Gasteiger partial charge >= 0.3 is 0 Å². The van der Waals surface area contributed by atoms with Gasteiger partial charge < -0.3 is 24.4 Å². The van der Waals surface area contributed by atoms with Crippen molar-refractivity contribution in [1.29, 1.82) is 0 Å². The van der Waals surface area contributed by atoms with Gasteiger partial charge in [0.2, 0.25) is 5.91 Å². The van der Waals surface area contributed by atoms with Gasteiger partial charge in [-0.15, -0.1) is 0 Å². The lowest BCUT2D eigenvalue weighted by Gasteiger charge is -2.37. The summed E-state index contributed by atoms with van der Waals surface area (Å²) in [6.45, 7) is 1.53. The predicted molar refractivity (Wildman–Crippen MR) is 89.2 cm³/mol. The molecule has 0 aromatic heterocycles. The zero-order valence-electron chi connectivity index (χ0n) is 14.3. The topological polar surface area (TPSA) is 60.0 Å². The Hall–Kier alpha value is -1.79. The van der Waals surface area contributed by atoms with E-state index in [0.717, 1.165) is 19.4 Å². The van der Waals surface area contributed by atoms with Crippen LogP contribution in [0.3, 0.4) is 0 Å². The van der Waals surface area contributed by atoms with Crippen molar-refractivity contribution in [3.05, 3.63) is 18.2 Å². The molecule has 1 saturated heterocycles. The molecule has 0 bridgehead atoms. The number of nitrogens with zero attached hydrogens (tertiary/aromatic N) is 1. The Balaban J connectivity index is 2.16. The second-order valence-corrected chi connectivity index (χ2v) is 5.81. The number of hydrogen-bond acceptors (Lipinski definition) is 5. The van der Waals surface area contributed by atoms with Crippen LogP contribution in [0.1, 0.15) is 12.8 Å². The minimum Gasteiger partial charge on any atom is -0.497 e. The molecule has 1 aromatic carbocycles. The molecule has 0 radical (unpaired) electrons. The third-order valence-corrected chi connectivity index (χ3v) is 4.40. The number of hydrogen-bond donors (Lipinski definition) is 1. The summed E-state index contributed by atoms with van der Waals surface area (Å²) in [5, 5.41) is 2.99. The number of rotatable bonds is 6. The van der Waals surface area contributed by atoms with Gasteiger partial charge in [-0.25, -0.2) is 0 Å². The molecule has 0 aliphatic carbocycles. The monoisotopic (exact) mass is 322 g/mol. The van der Waals surface area contributed by atoms with E-state index < -0.39 is 0 Å². The van der Waals surface area contributed by atoms with Crippen LogP contribution in [-0.4, -0.2) is 58.4 Å². The summed E-state index contributed by atoms with van der Waals surface area (Å²) in [5.74, 6) is 1.18. The molecule has 1 heterocycles. The molecule has 1 aromatic rings. The number of carbonyl (C=O) groups excluding carboxylic acids is 1. The Morgan fingerprint density at radius 1 is 1.30 bits per heavy atom.